The molecule has 0 N–H and O–H groups in total. The maximum Gasteiger partial charge on any atom is 0.0650 e. The van der Waals surface area contributed by atoms with E-state index in [1.807, 2.05) is 0 Å². The molecule has 0 fully saturated rings. The summed E-state index contributed by atoms with van der Waals surface area (Å²) in [6.45, 7) is 14.3. The minimum absolute atomic E-state index is 0.126. The molecule has 3 aliphatic rings. The maximum atomic E-state index is 2.60. The number of hydrogen-bond acceptors (Lipinski definition) is 0. The second-order valence-corrected chi connectivity index (χ2v) is 23.7. The Morgan fingerprint density at radius 2 is 0.474 bits per heavy atom. The Balaban J connectivity index is 1.11. The van der Waals surface area contributed by atoms with Crippen molar-refractivity contribution >= 4 is 32.7 Å². The standard InChI is InChI=1S/C75H57N3/c1-73(2)61-31-19-16-28-52(61)55-40-49(34-37-64(55)73)76-67(46-22-10-7-11-23-46)43-58-70(76)59-44-68(47-24-12-8-13-25-47)77(50-35-38-65-56(41-50)53-29-17-20-32-62(53)74(65,3)4)72(59)60-45-69(48-26-14-9-15-27-48)78(71(58)60)51-36-39-66-57(42-51)54-30-18-21-33-63(54)75(66,5)6/h7-45H,1-6H3. The lowest BCUT2D eigenvalue weighted by molar-refractivity contribution is 0.660. The molecule has 3 nitrogen and oxygen atoms in total. The lowest BCUT2D eigenvalue weighted by Gasteiger charge is -2.22. The first-order valence-electron chi connectivity index (χ1n) is 27.7. The molecule has 0 bridgehead atoms. The molecule has 3 heteroatoms. The van der Waals surface area contributed by atoms with Crippen LogP contribution in [0.4, 0.5) is 0 Å². The van der Waals surface area contributed by atoms with Crippen molar-refractivity contribution in [1.82, 2.24) is 13.7 Å². The summed E-state index contributed by atoms with van der Waals surface area (Å²) in [4.78, 5) is 0. The van der Waals surface area contributed by atoms with Crippen LogP contribution < -0.4 is 0 Å². The fourth-order valence-electron chi connectivity index (χ4n) is 14.7. The third kappa shape index (κ3) is 6.05. The summed E-state index contributed by atoms with van der Waals surface area (Å²) in [5, 5.41) is 3.59. The minimum Gasteiger partial charge on any atom is -0.308 e. The molecule has 13 aromatic rings. The van der Waals surface area contributed by atoms with E-state index >= 15 is 0 Å². The van der Waals surface area contributed by atoms with Crippen molar-refractivity contribution in [2.75, 3.05) is 0 Å². The van der Waals surface area contributed by atoms with Gasteiger partial charge in [0, 0.05) is 49.5 Å². The van der Waals surface area contributed by atoms with Gasteiger partial charge in [0.05, 0.1) is 33.6 Å². The first-order valence-corrected chi connectivity index (χ1v) is 27.7. The lowest BCUT2D eigenvalue weighted by atomic mass is 9.82. The summed E-state index contributed by atoms with van der Waals surface area (Å²) in [5.74, 6) is 0. The largest absolute Gasteiger partial charge is 0.308 e. The molecule has 3 heterocycles. The quantitative estimate of drug-likeness (QED) is 0.158. The fourth-order valence-corrected chi connectivity index (χ4v) is 14.7. The average molecular weight is 1000 g/mol. The molecule has 10 aromatic carbocycles. The van der Waals surface area contributed by atoms with E-state index in [2.05, 4.69) is 292 Å². The Kier molecular flexibility index (Phi) is 9.21. The highest BCUT2D eigenvalue weighted by Gasteiger charge is 2.39. The molecule has 0 saturated carbocycles. The van der Waals surface area contributed by atoms with Gasteiger partial charge in [0.25, 0.3) is 0 Å². The first-order chi connectivity index (χ1) is 38.0. The smallest absolute Gasteiger partial charge is 0.0650 e. The van der Waals surface area contributed by atoms with Crippen LogP contribution in [0.3, 0.4) is 0 Å². The van der Waals surface area contributed by atoms with Crippen molar-refractivity contribution in [3.63, 3.8) is 0 Å². The van der Waals surface area contributed by atoms with Crippen LogP contribution in [0.15, 0.2) is 237 Å². The Labute approximate surface area is 456 Å². The second kappa shape index (κ2) is 15.9. The molecule has 0 saturated heterocycles. The summed E-state index contributed by atoms with van der Waals surface area (Å²) in [7, 11) is 0. The molecule has 372 valence electrons. The van der Waals surface area contributed by atoms with Crippen LogP contribution in [0.2, 0.25) is 0 Å². The van der Waals surface area contributed by atoms with Gasteiger partial charge in [-0.25, -0.2) is 0 Å². The van der Waals surface area contributed by atoms with Gasteiger partial charge >= 0.3 is 0 Å². The number of aromatic nitrogens is 3. The van der Waals surface area contributed by atoms with Gasteiger partial charge in [0.2, 0.25) is 0 Å². The van der Waals surface area contributed by atoms with E-state index in [0.717, 1.165) is 50.8 Å². The lowest BCUT2D eigenvalue weighted by Crippen LogP contribution is -2.14. The normalized spacial score (nSPS) is 14.8. The van der Waals surface area contributed by atoms with Gasteiger partial charge in [-0.1, -0.05) is 224 Å². The monoisotopic (exact) mass is 999 g/mol. The molecule has 16 rings (SSSR count). The SMILES string of the molecule is CC1(C)c2ccccc2-c2cc(-n3c(-c4ccccc4)cc4c3c3cc(-c5ccccc5)n(-c5ccc6c(c5)-c5ccccc5C6(C)C)c3c3cc(-c5ccccc5)n(-c5ccc6c(c5)-c5ccccc5C6(C)C)c43)ccc21. The van der Waals surface area contributed by atoms with Crippen LogP contribution in [0.1, 0.15) is 74.9 Å². The van der Waals surface area contributed by atoms with E-state index in [1.165, 1.54) is 99.5 Å². The van der Waals surface area contributed by atoms with Gasteiger partial charge in [0.1, 0.15) is 0 Å². The van der Waals surface area contributed by atoms with Crippen LogP contribution in [-0.2, 0) is 16.2 Å². The topological polar surface area (TPSA) is 14.8 Å². The highest BCUT2D eigenvalue weighted by atomic mass is 15.1. The van der Waals surface area contributed by atoms with Crippen molar-refractivity contribution in [1.29, 1.82) is 0 Å². The number of fused-ring (bicyclic) bond motifs is 15. The first kappa shape index (κ1) is 45.1. The highest BCUT2D eigenvalue weighted by molar-refractivity contribution is 6.27. The van der Waals surface area contributed by atoms with Crippen molar-refractivity contribution in [3.8, 4) is 84.2 Å². The molecule has 0 atom stereocenters. The predicted molar refractivity (Wildman–Crippen MR) is 326 cm³/mol. The van der Waals surface area contributed by atoms with Crippen LogP contribution in [0.5, 0.6) is 0 Å². The van der Waals surface area contributed by atoms with Crippen LogP contribution in [-0.4, -0.2) is 13.7 Å². The summed E-state index contributed by atoms with van der Waals surface area (Å²) >= 11 is 0. The minimum atomic E-state index is -0.126. The van der Waals surface area contributed by atoms with E-state index < -0.39 is 0 Å². The number of hydrogen-bond donors (Lipinski definition) is 0. The zero-order chi connectivity index (χ0) is 52.4. The van der Waals surface area contributed by atoms with Crippen LogP contribution >= 0.6 is 0 Å². The highest BCUT2D eigenvalue weighted by Crippen LogP contribution is 2.55. The van der Waals surface area contributed by atoms with E-state index in [-0.39, 0.29) is 16.2 Å². The Hall–Kier alpha value is -9.18. The molecule has 0 unspecified atom stereocenters. The van der Waals surface area contributed by atoms with E-state index in [1.54, 1.807) is 0 Å². The van der Waals surface area contributed by atoms with E-state index in [9.17, 15) is 0 Å². The second-order valence-electron chi connectivity index (χ2n) is 23.7. The summed E-state index contributed by atoms with van der Waals surface area (Å²) < 4.78 is 7.80. The molecule has 78 heavy (non-hydrogen) atoms. The summed E-state index contributed by atoms with van der Waals surface area (Å²) in [6.07, 6.45) is 0. The van der Waals surface area contributed by atoms with Crippen molar-refractivity contribution < 1.29 is 0 Å². The van der Waals surface area contributed by atoms with Gasteiger partial charge in [-0.15, -0.1) is 0 Å². The van der Waals surface area contributed by atoms with Crippen molar-refractivity contribution in [2.45, 2.75) is 57.8 Å². The molecular formula is C75H57N3. The number of benzene rings is 10. The molecule has 0 aliphatic heterocycles. The van der Waals surface area contributed by atoms with Crippen LogP contribution in [0.25, 0.3) is 117 Å². The number of nitrogens with zero attached hydrogens (tertiary/aromatic N) is 3. The van der Waals surface area contributed by atoms with Crippen molar-refractivity contribution in [2.24, 2.45) is 0 Å². The van der Waals surface area contributed by atoms with E-state index in [4.69, 9.17) is 0 Å². The third-order valence-corrected chi connectivity index (χ3v) is 18.5. The summed E-state index contributed by atoms with van der Waals surface area (Å²) in [6, 6.07) is 89.6. The average Bonchev–Trinajstić information content (AvgIpc) is 3.70. The zero-order valence-corrected chi connectivity index (χ0v) is 44.9. The molecule has 0 spiro atoms. The molecule has 3 aliphatic carbocycles. The van der Waals surface area contributed by atoms with Gasteiger partial charge < -0.3 is 13.7 Å². The fraction of sp³-hybridized carbons (Fsp3) is 0.120. The Morgan fingerprint density at radius 3 is 0.756 bits per heavy atom. The molecular weight excluding hydrogens is 943 g/mol. The third-order valence-electron chi connectivity index (χ3n) is 18.5. The van der Waals surface area contributed by atoms with Gasteiger partial charge in [-0.2, -0.15) is 0 Å². The van der Waals surface area contributed by atoms with Crippen LogP contribution in [0, 0.1) is 0 Å². The summed E-state index contributed by atoms with van der Waals surface area (Å²) in [5.41, 5.74) is 29.5. The van der Waals surface area contributed by atoms with Gasteiger partial charge in [0.15, 0.2) is 0 Å². The van der Waals surface area contributed by atoms with Crippen molar-refractivity contribution in [3.05, 3.63) is 270 Å². The van der Waals surface area contributed by atoms with Gasteiger partial charge in [-0.05, 0) is 138 Å². The van der Waals surface area contributed by atoms with E-state index in [0.29, 0.717) is 0 Å². The molecule has 3 aromatic heterocycles. The number of rotatable bonds is 6. The molecule has 0 radical (unpaired) electrons. The molecule has 0 amide bonds. The Morgan fingerprint density at radius 1 is 0.231 bits per heavy atom. The van der Waals surface area contributed by atoms with Gasteiger partial charge in [-0.3, -0.25) is 0 Å². The zero-order valence-electron chi connectivity index (χ0n) is 44.9. The maximum absolute atomic E-state index is 2.60. The Bertz CT molecular complexity index is 4170. The predicted octanol–water partition coefficient (Wildman–Crippen LogP) is 19.4.